The van der Waals surface area contributed by atoms with Crippen LogP contribution in [0.25, 0.3) is 251 Å². The maximum Gasteiger partial charge on any atom is 0.164 e. The van der Waals surface area contributed by atoms with Gasteiger partial charge in [0.2, 0.25) is 0 Å². The first-order valence-corrected chi connectivity index (χ1v) is 46.5. The largest absolute Gasteiger partial charge is 0.292 e. The predicted octanol–water partition coefficient (Wildman–Crippen LogP) is 28.7. The van der Waals surface area contributed by atoms with Gasteiger partial charge < -0.3 is 0 Å². The van der Waals surface area contributed by atoms with Gasteiger partial charge in [0.25, 0.3) is 0 Å². The molecule has 27 aromatic rings. The third-order valence-electron chi connectivity index (χ3n) is 25.6. The molecule has 0 unspecified atom stereocenters. The van der Waals surface area contributed by atoms with Crippen LogP contribution in [0.1, 0.15) is 0 Å². The first-order valence-electron chi connectivity index (χ1n) is 46.5. The van der Waals surface area contributed by atoms with Gasteiger partial charge >= 0.3 is 0 Å². The topological polar surface area (TPSA) is 208 Å². The summed E-state index contributed by atoms with van der Waals surface area (Å²) in [7, 11) is 0. The van der Waals surface area contributed by atoms with E-state index in [0.717, 1.165) is 177 Å². The zero-order valence-corrected chi connectivity index (χ0v) is 75.6. The lowest BCUT2D eigenvalue weighted by Gasteiger charge is -2.14. The lowest BCUT2D eigenvalue weighted by atomic mass is 9.96. The van der Waals surface area contributed by atoms with E-state index in [2.05, 4.69) is 332 Å². The Bertz CT molecular complexity index is 9120. The molecule has 18 nitrogen and oxygen atoms in total. The fraction of sp³-hybridized carbons (Fsp3) is 0. The number of benzene rings is 18. The Hall–Kier alpha value is -19.6. The summed E-state index contributed by atoms with van der Waals surface area (Å²) in [5, 5.41) is 13.8. The van der Waals surface area contributed by atoms with E-state index in [-0.39, 0.29) is 0 Å². The van der Waals surface area contributed by atoms with Gasteiger partial charge in [0.1, 0.15) is 34.0 Å². The Balaban J connectivity index is 0.000000113. The van der Waals surface area contributed by atoms with E-state index in [1.165, 1.54) is 21.5 Å². The Morgan fingerprint density at radius 3 is 0.702 bits per heavy atom. The molecule has 18 heteroatoms. The molecule has 0 fully saturated rings. The average Bonchev–Trinajstić information content (AvgIpc) is 1.28. The molecule has 0 aliphatic heterocycles. The molecule has 0 radical (unpaired) electrons. The highest BCUT2D eigenvalue weighted by atomic mass is 15.1. The summed E-state index contributed by atoms with van der Waals surface area (Å²) in [4.78, 5) is 73.2. The van der Waals surface area contributed by atoms with Crippen molar-refractivity contribution < 1.29 is 0 Å². The fourth-order valence-corrected chi connectivity index (χ4v) is 18.8. The number of fused-ring (bicyclic) bond motifs is 11. The van der Waals surface area contributed by atoms with Crippen molar-refractivity contribution in [2.24, 2.45) is 0 Å². The monoisotopic (exact) mass is 1810 g/mol. The van der Waals surface area contributed by atoms with E-state index in [1.54, 1.807) is 24.8 Å². The van der Waals surface area contributed by atoms with Crippen molar-refractivity contribution in [3.63, 3.8) is 0 Å². The summed E-state index contributed by atoms with van der Waals surface area (Å²) in [5.74, 6) is 8.22. The van der Waals surface area contributed by atoms with Gasteiger partial charge in [-0.05, 0) is 180 Å². The Morgan fingerprint density at radius 1 is 0.149 bits per heavy atom. The summed E-state index contributed by atoms with van der Waals surface area (Å²) in [5.41, 5.74) is 19.9. The summed E-state index contributed by atoms with van der Waals surface area (Å²) in [6.45, 7) is 0. The lowest BCUT2D eigenvalue weighted by Crippen LogP contribution is -2.02. The van der Waals surface area contributed by atoms with Crippen LogP contribution in [0.3, 0.4) is 0 Å². The van der Waals surface area contributed by atoms with Crippen LogP contribution in [0.5, 0.6) is 0 Å². The van der Waals surface area contributed by atoms with E-state index < -0.39 is 0 Å². The number of nitrogens with zero attached hydrogens (tertiary/aromatic N) is 18. The Morgan fingerprint density at radius 2 is 0.383 bits per heavy atom. The highest BCUT2D eigenvalue weighted by Gasteiger charge is 2.25. The first-order chi connectivity index (χ1) is 69.9. The smallest absolute Gasteiger partial charge is 0.164 e. The van der Waals surface area contributed by atoms with Gasteiger partial charge in [0, 0.05) is 102 Å². The molecular weight excluding hydrogens is 1730 g/mol. The Labute approximate surface area is 808 Å². The number of imidazole rings is 3. The molecule has 27 rings (SSSR count). The molecule has 0 atom stereocenters. The number of hydrogen-bond donors (Lipinski definition) is 0. The van der Waals surface area contributed by atoms with Crippen molar-refractivity contribution >= 4 is 97.7 Å². The van der Waals surface area contributed by atoms with Crippen molar-refractivity contribution in [3.8, 4) is 154 Å². The van der Waals surface area contributed by atoms with Crippen LogP contribution in [0.4, 0.5) is 0 Å². The SMILES string of the molecule is c1ccc(-c2nc(-c3ccccc3)nc(-c3ccc(-n4c(-c5ccccc5)nc5cnccc54)cc3)n2)cc1.c1ccc(-c2nc3cnccc3n2-c2ccc(-c3nc(-c4cc5ccccc5c5ccccc45)nc(-c4cc5ccccc5c5ccccc45)n3)cc2)cc1.c1ccc(-c2nc3cnccc3n2-c2ccc(-c3nc(-c4ccc5ccccc5c4)nc(-c4ccc5ccccc5c4)n3)cc2)cc1. The Kier molecular flexibility index (Phi) is 21.4. The second-order valence-electron chi connectivity index (χ2n) is 34.3. The summed E-state index contributed by atoms with van der Waals surface area (Å²) >= 11 is 0. The molecule has 0 N–H and O–H groups in total. The van der Waals surface area contributed by atoms with Gasteiger partial charge in [-0.1, -0.05) is 322 Å². The van der Waals surface area contributed by atoms with Crippen LogP contribution in [-0.2, 0) is 0 Å². The predicted molar refractivity (Wildman–Crippen MR) is 567 cm³/mol. The van der Waals surface area contributed by atoms with Gasteiger partial charge in [0.05, 0.1) is 35.1 Å². The van der Waals surface area contributed by atoms with Crippen LogP contribution in [0.2, 0.25) is 0 Å². The zero-order valence-electron chi connectivity index (χ0n) is 75.6. The molecule has 0 saturated carbocycles. The second kappa shape index (κ2) is 36.3. The van der Waals surface area contributed by atoms with Gasteiger partial charge in [-0.25, -0.2) is 59.8 Å². The third kappa shape index (κ3) is 16.1. The average molecular weight is 1810 g/mol. The van der Waals surface area contributed by atoms with Gasteiger partial charge in [-0.15, -0.1) is 0 Å². The van der Waals surface area contributed by atoms with Gasteiger partial charge in [-0.2, -0.15) is 0 Å². The minimum absolute atomic E-state index is 0.601. The molecule has 9 heterocycles. The molecule has 0 saturated heterocycles. The zero-order chi connectivity index (χ0) is 93.5. The fourth-order valence-electron chi connectivity index (χ4n) is 18.8. The number of pyridine rings is 3. The maximum atomic E-state index is 5.31. The lowest BCUT2D eigenvalue weighted by molar-refractivity contribution is 1.07. The molecule has 0 aliphatic rings. The van der Waals surface area contributed by atoms with E-state index in [4.69, 9.17) is 59.8 Å². The van der Waals surface area contributed by atoms with Crippen molar-refractivity contribution in [1.29, 1.82) is 0 Å². The van der Waals surface area contributed by atoms with E-state index in [0.29, 0.717) is 52.4 Å². The first kappa shape index (κ1) is 83.3. The van der Waals surface area contributed by atoms with Crippen molar-refractivity contribution in [1.82, 2.24) is 88.5 Å². The summed E-state index contributed by atoms with van der Waals surface area (Å²) in [6.07, 6.45) is 10.8. The highest BCUT2D eigenvalue weighted by molar-refractivity contribution is 6.15. The summed E-state index contributed by atoms with van der Waals surface area (Å²) in [6, 6.07) is 150. The second-order valence-corrected chi connectivity index (χ2v) is 34.3. The molecule has 0 aliphatic carbocycles. The quantitative estimate of drug-likeness (QED) is 0.0875. The van der Waals surface area contributed by atoms with Crippen LogP contribution in [0, 0.1) is 0 Å². The third-order valence-corrected chi connectivity index (χ3v) is 25.6. The minimum Gasteiger partial charge on any atom is -0.292 e. The van der Waals surface area contributed by atoms with Crippen molar-refractivity contribution in [2.75, 3.05) is 0 Å². The van der Waals surface area contributed by atoms with Crippen molar-refractivity contribution in [3.05, 3.63) is 474 Å². The maximum absolute atomic E-state index is 5.31. The number of rotatable bonds is 15. The molecule has 141 heavy (non-hydrogen) atoms. The van der Waals surface area contributed by atoms with Gasteiger partial charge in [0.15, 0.2) is 52.4 Å². The molecule has 0 bridgehead atoms. The van der Waals surface area contributed by atoms with E-state index in [1.807, 2.05) is 146 Å². The van der Waals surface area contributed by atoms with Crippen LogP contribution in [0.15, 0.2) is 474 Å². The van der Waals surface area contributed by atoms with E-state index >= 15 is 0 Å². The molecule has 660 valence electrons. The standard InChI is InChI=1S/C49H30N6.C41H26N6.C33H22N6/c1-2-12-32(13-3-1)49-51-44-30-50-27-26-45(44)55(49)35-24-22-31(23-25-35)46-52-47(42-28-33-14-4-6-16-36(33)38-18-8-10-20-40(38)42)54-48(53-46)43-29-34-15-5-7-17-37(34)39-19-9-11-21-41(39)43;1-2-10-30(11-3-1)41-43-36-26-42-23-22-37(36)47(41)35-20-18-29(19-21-35)38-44-39(33-16-14-27-8-4-6-12-31(27)24-33)46-40(45-38)34-17-15-28-9-5-7-13-32(28)25-34;1-4-10-23(11-5-1)30-36-31(24-12-6-2-7-13-24)38-32(37-30)25-16-18-27(19-17-25)39-29-20-21-34-22-28(29)35-33(39)26-14-8-3-9-15-26/h1-30H;1-26H;1-22H. The van der Waals surface area contributed by atoms with Crippen molar-refractivity contribution in [2.45, 2.75) is 0 Å². The molecule has 0 amide bonds. The van der Waals surface area contributed by atoms with Gasteiger partial charge in [-0.3, -0.25) is 28.7 Å². The summed E-state index contributed by atoms with van der Waals surface area (Å²) < 4.78 is 6.52. The van der Waals surface area contributed by atoms with E-state index in [9.17, 15) is 0 Å². The molecule has 18 aromatic carbocycles. The van der Waals surface area contributed by atoms with Crippen LogP contribution >= 0.6 is 0 Å². The highest BCUT2D eigenvalue weighted by Crippen LogP contribution is 2.42. The number of hydrogen-bond acceptors (Lipinski definition) is 15. The normalized spacial score (nSPS) is 11.4. The number of aromatic nitrogens is 18. The molecular formula is C123H78N18. The molecule has 0 spiro atoms. The van der Waals surface area contributed by atoms with Crippen LogP contribution in [-0.4, -0.2) is 88.5 Å². The van der Waals surface area contributed by atoms with Crippen LogP contribution < -0.4 is 0 Å². The molecule has 9 aromatic heterocycles. The minimum atomic E-state index is 0.601.